The summed E-state index contributed by atoms with van der Waals surface area (Å²) < 4.78 is 0. The molecule has 0 saturated carbocycles. The number of piperidine rings is 2. The molecule has 2 aliphatic heterocycles. The fraction of sp³-hybridized carbons (Fsp3) is 0.560. The SMILES string of the molecule is CN[C@@H](C)C(=O)N[C@@H](CC#C/C=C\C[C@H](NC(=O)[C@H](C)NC)C(=O)N1CCCC[C@H]1C(=O)N[C@@H]1CCCc2ccccc21)C(=O)N1CCCC[C@H]1C(=O)N[C@@H]1CCCc2ccccc21. The van der Waals surface area contributed by atoms with Crippen LogP contribution in [0, 0.1) is 11.8 Å². The van der Waals surface area contributed by atoms with Crippen molar-refractivity contribution in [2.45, 2.75) is 152 Å². The zero-order valence-electron chi connectivity index (χ0n) is 38.0. The summed E-state index contributed by atoms with van der Waals surface area (Å²) >= 11 is 0. The van der Waals surface area contributed by atoms with Crippen molar-refractivity contribution in [3.63, 3.8) is 0 Å². The molecule has 0 radical (unpaired) electrons. The van der Waals surface area contributed by atoms with Gasteiger partial charge in [0.15, 0.2) is 0 Å². The van der Waals surface area contributed by atoms with E-state index in [1.54, 1.807) is 49.9 Å². The number of rotatable bonds is 15. The second-order valence-electron chi connectivity index (χ2n) is 17.7. The summed E-state index contributed by atoms with van der Waals surface area (Å²) in [6.07, 6.45) is 13.1. The highest BCUT2D eigenvalue weighted by molar-refractivity contribution is 5.94. The normalized spacial score (nSPS) is 22.6. The number of carbonyl (C=O) groups is 6. The van der Waals surface area contributed by atoms with Gasteiger partial charge >= 0.3 is 0 Å². The Balaban J connectivity index is 1.13. The average molecular weight is 877 g/mol. The lowest BCUT2D eigenvalue weighted by Gasteiger charge is -2.38. The van der Waals surface area contributed by atoms with Gasteiger partial charge in [-0.1, -0.05) is 66.4 Å². The molecule has 6 amide bonds. The number of hydrogen-bond acceptors (Lipinski definition) is 8. The van der Waals surface area contributed by atoms with Crippen LogP contribution in [0.2, 0.25) is 0 Å². The standard InChI is InChI=1S/C50H68N8O6/c1-33(51-3)45(59)55-41(49(63)57-31-15-13-29-43(57)47(61)53-39-27-17-21-35-19-9-11-23-37(35)39)25-7-5-6-8-26-42(56-46(60)34(2)52-4)50(64)58-32-16-14-30-44(58)48(62)54-40-28-18-22-36-20-10-12-24-38(36)40/h5,7,9-12,19-20,23-24,33-34,39-44,51-52H,13-18,21-22,25-32H2,1-4H3,(H,53,61)(H,54,62)(H,55,59)(H,56,60)/b7-5-/t33-,34-,39+,40+,41-,42-,43-,44-/m0/s1. The van der Waals surface area contributed by atoms with Gasteiger partial charge < -0.3 is 41.7 Å². The van der Waals surface area contributed by atoms with Crippen molar-refractivity contribution in [1.82, 2.24) is 41.7 Å². The Morgan fingerprint density at radius 1 is 0.641 bits per heavy atom. The zero-order valence-corrected chi connectivity index (χ0v) is 38.0. The Labute approximate surface area is 378 Å². The molecule has 8 atom stereocenters. The topological polar surface area (TPSA) is 181 Å². The van der Waals surface area contributed by atoms with Gasteiger partial charge in [-0.2, -0.15) is 0 Å². The molecule has 2 aromatic rings. The number of nitrogens with one attached hydrogen (secondary N) is 6. The summed E-state index contributed by atoms with van der Waals surface area (Å²) in [4.78, 5) is 86.0. The largest absolute Gasteiger partial charge is 0.347 e. The van der Waals surface area contributed by atoms with E-state index in [1.807, 2.05) is 24.3 Å². The van der Waals surface area contributed by atoms with Crippen molar-refractivity contribution in [2.24, 2.45) is 0 Å². The molecule has 4 aliphatic rings. The van der Waals surface area contributed by atoms with E-state index in [0.29, 0.717) is 25.9 Å². The van der Waals surface area contributed by atoms with E-state index in [0.717, 1.165) is 75.3 Å². The number of likely N-dealkylation sites (tertiary alicyclic amines) is 2. The van der Waals surface area contributed by atoms with Crippen molar-refractivity contribution in [1.29, 1.82) is 0 Å². The van der Waals surface area contributed by atoms with Crippen LogP contribution in [0.1, 0.15) is 125 Å². The molecule has 344 valence electrons. The molecule has 0 aromatic heterocycles. The quantitative estimate of drug-likeness (QED) is 0.147. The molecule has 0 unspecified atom stereocenters. The fourth-order valence-electron chi connectivity index (χ4n) is 9.44. The lowest BCUT2D eigenvalue weighted by atomic mass is 9.87. The van der Waals surface area contributed by atoms with E-state index in [2.05, 4.69) is 68.0 Å². The van der Waals surface area contributed by atoms with Crippen LogP contribution < -0.4 is 31.9 Å². The third-order valence-corrected chi connectivity index (χ3v) is 13.4. The van der Waals surface area contributed by atoms with Crippen LogP contribution in [0.5, 0.6) is 0 Å². The van der Waals surface area contributed by atoms with Crippen molar-refractivity contribution < 1.29 is 28.8 Å². The van der Waals surface area contributed by atoms with E-state index in [1.165, 1.54) is 11.1 Å². The minimum absolute atomic E-state index is 0.0129. The molecule has 2 aromatic carbocycles. The highest BCUT2D eigenvalue weighted by atomic mass is 16.2. The molecule has 14 heteroatoms. The van der Waals surface area contributed by atoms with Gasteiger partial charge in [0.25, 0.3) is 0 Å². The third kappa shape index (κ3) is 12.2. The zero-order chi connectivity index (χ0) is 45.6. The second-order valence-corrected chi connectivity index (χ2v) is 17.7. The van der Waals surface area contributed by atoms with Crippen molar-refractivity contribution >= 4 is 35.4 Å². The number of likely N-dealkylation sites (N-methyl/N-ethyl adjacent to an activating group) is 2. The number of fused-ring (bicyclic) bond motifs is 2. The number of aryl methyl sites for hydroxylation is 2. The van der Waals surface area contributed by atoms with Gasteiger partial charge in [-0.25, -0.2) is 0 Å². The molecule has 2 aliphatic carbocycles. The minimum atomic E-state index is -1.01. The van der Waals surface area contributed by atoms with Crippen LogP contribution >= 0.6 is 0 Å². The predicted molar refractivity (Wildman–Crippen MR) is 246 cm³/mol. The first-order valence-electron chi connectivity index (χ1n) is 23.5. The van der Waals surface area contributed by atoms with Crippen LogP contribution in [0.15, 0.2) is 60.7 Å². The van der Waals surface area contributed by atoms with E-state index in [4.69, 9.17) is 0 Å². The van der Waals surface area contributed by atoms with E-state index in [9.17, 15) is 28.8 Å². The lowest BCUT2D eigenvalue weighted by Crippen LogP contribution is -2.58. The maximum atomic E-state index is 14.3. The molecule has 6 N–H and O–H groups in total. The predicted octanol–water partition coefficient (Wildman–Crippen LogP) is 3.66. The number of benzene rings is 2. The number of hydrogen-bond donors (Lipinski definition) is 6. The van der Waals surface area contributed by atoms with Crippen LogP contribution in [-0.2, 0) is 41.6 Å². The molecule has 64 heavy (non-hydrogen) atoms. The van der Waals surface area contributed by atoms with Gasteiger partial charge in [0.2, 0.25) is 35.4 Å². The molecule has 0 bridgehead atoms. The highest BCUT2D eigenvalue weighted by Gasteiger charge is 2.39. The van der Waals surface area contributed by atoms with Gasteiger partial charge in [0.05, 0.1) is 24.2 Å². The van der Waals surface area contributed by atoms with Gasteiger partial charge in [-0.15, -0.1) is 0 Å². The van der Waals surface area contributed by atoms with Crippen LogP contribution in [0.3, 0.4) is 0 Å². The lowest BCUT2D eigenvalue weighted by molar-refractivity contribution is -0.145. The minimum Gasteiger partial charge on any atom is -0.347 e. The molecule has 0 spiro atoms. The molecular formula is C50H68N8O6. The van der Waals surface area contributed by atoms with Gasteiger partial charge in [-0.3, -0.25) is 28.8 Å². The Morgan fingerprint density at radius 2 is 1.11 bits per heavy atom. The monoisotopic (exact) mass is 877 g/mol. The maximum absolute atomic E-state index is 14.3. The Bertz CT molecular complexity index is 2080. The number of allylic oxidation sites excluding steroid dienone is 1. The Hall–Kier alpha value is -5.52. The fourth-order valence-corrected chi connectivity index (χ4v) is 9.44. The van der Waals surface area contributed by atoms with Gasteiger partial charge in [0.1, 0.15) is 24.2 Å². The molecule has 2 saturated heterocycles. The Morgan fingerprint density at radius 3 is 1.61 bits per heavy atom. The summed E-state index contributed by atoms with van der Waals surface area (Å²) in [6.45, 7) is 4.20. The van der Waals surface area contributed by atoms with Crippen LogP contribution in [-0.4, -0.2) is 109 Å². The number of nitrogens with zero attached hydrogens (tertiary/aromatic N) is 2. The van der Waals surface area contributed by atoms with Crippen LogP contribution in [0.4, 0.5) is 0 Å². The van der Waals surface area contributed by atoms with E-state index in [-0.39, 0.29) is 60.4 Å². The number of carbonyl (C=O) groups excluding carboxylic acids is 6. The van der Waals surface area contributed by atoms with Crippen molar-refractivity contribution in [2.75, 3.05) is 27.2 Å². The van der Waals surface area contributed by atoms with Crippen molar-refractivity contribution in [3.05, 3.63) is 82.9 Å². The van der Waals surface area contributed by atoms with Crippen LogP contribution in [0.25, 0.3) is 0 Å². The summed E-state index contributed by atoms with van der Waals surface area (Å²) in [5, 5.41) is 18.1. The summed E-state index contributed by atoms with van der Waals surface area (Å²) in [5.41, 5.74) is 4.71. The first-order valence-corrected chi connectivity index (χ1v) is 23.5. The van der Waals surface area contributed by atoms with E-state index < -0.39 is 36.3 Å². The third-order valence-electron chi connectivity index (χ3n) is 13.4. The average Bonchev–Trinajstić information content (AvgIpc) is 3.33. The summed E-state index contributed by atoms with van der Waals surface area (Å²) in [5.74, 6) is 4.21. The highest BCUT2D eigenvalue weighted by Crippen LogP contribution is 2.32. The summed E-state index contributed by atoms with van der Waals surface area (Å²) in [6, 6.07) is 11.7. The molecule has 14 nitrogen and oxygen atoms in total. The molecule has 6 rings (SSSR count). The smallest absolute Gasteiger partial charge is 0.246 e. The molecule has 2 heterocycles. The second kappa shape index (κ2) is 23.4. The van der Waals surface area contributed by atoms with E-state index >= 15 is 0 Å². The number of amides is 6. The Kier molecular flexibility index (Phi) is 17.5. The summed E-state index contributed by atoms with van der Waals surface area (Å²) in [7, 11) is 3.33. The molecule has 2 fully saturated rings. The maximum Gasteiger partial charge on any atom is 0.246 e. The van der Waals surface area contributed by atoms with Crippen molar-refractivity contribution in [3.8, 4) is 11.8 Å². The molecular weight excluding hydrogens is 809 g/mol. The first-order chi connectivity index (χ1) is 31.0. The van der Waals surface area contributed by atoms with Gasteiger partial charge in [0, 0.05) is 19.5 Å². The first kappa shape index (κ1) is 47.9. The van der Waals surface area contributed by atoms with Gasteiger partial charge in [-0.05, 0) is 140 Å².